The van der Waals surface area contributed by atoms with Gasteiger partial charge in [0, 0.05) is 0 Å². The first kappa shape index (κ1) is 23.4. The second-order valence-electron chi connectivity index (χ2n) is 8.60. The van der Waals surface area contributed by atoms with E-state index in [0.29, 0.717) is 5.69 Å². The Morgan fingerprint density at radius 1 is 1.03 bits per heavy atom. The Bertz CT molecular complexity index is 1240. The molecule has 0 spiro atoms. The number of rotatable bonds is 7. The van der Waals surface area contributed by atoms with Crippen LogP contribution in [0.25, 0.3) is 11.3 Å². The molecule has 176 valence electrons. The maximum absolute atomic E-state index is 13.4. The molecular weight excluding hydrogens is 428 g/mol. The molecular formula is C27H30N4O3. The van der Waals surface area contributed by atoms with Crippen LogP contribution in [0.1, 0.15) is 36.9 Å². The van der Waals surface area contributed by atoms with E-state index in [2.05, 4.69) is 28.1 Å². The Morgan fingerprint density at radius 3 is 2.53 bits per heavy atom. The summed E-state index contributed by atoms with van der Waals surface area (Å²) in [5.74, 6) is -0.560. The Kier molecular flexibility index (Phi) is 7.23. The van der Waals surface area contributed by atoms with Gasteiger partial charge in [0.2, 0.25) is 11.8 Å². The third kappa shape index (κ3) is 5.10. The molecule has 1 aliphatic rings. The van der Waals surface area contributed by atoms with Gasteiger partial charge in [-0.3, -0.25) is 19.0 Å². The monoisotopic (exact) mass is 458 g/mol. The van der Waals surface area contributed by atoms with Gasteiger partial charge >= 0.3 is 0 Å². The van der Waals surface area contributed by atoms with Crippen molar-refractivity contribution in [1.82, 2.24) is 15.2 Å². The first-order valence-corrected chi connectivity index (χ1v) is 11.6. The molecule has 1 aromatic heterocycles. The third-order valence-corrected chi connectivity index (χ3v) is 6.33. The number of fused-ring (bicyclic) bond motifs is 1. The minimum Gasteiger partial charge on any atom is -0.348 e. The van der Waals surface area contributed by atoms with Gasteiger partial charge in [0.15, 0.2) is 0 Å². The van der Waals surface area contributed by atoms with E-state index < -0.39 is 11.6 Å². The van der Waals surface area contributed by atoms with E-state index in [9.17, 15) is 14.4 Å². The first-order valence-electron chi connectivity index (χ1n) is 11.6. The van der Waals surface area contributed by atoms with Gasteiger partial charge in [0.05, 0.1) is 17.8 Å². The van der Waals surface area contributed by atoms with Crippen LogP contribution in [-0.4, -0.2) is 29.5 Å². The molecule has 2 amide bonds. The molecule has 0 bridgehead atoms. The summed E-state index contributed by atoms with van der Waals surface area (Å²) in [7, 11) is 1.68. The molecule has 34 heavy (non-hydrogen) atoms. The summed E-state index contributed by atoms with van der Waals surface area (Å²) in [6, 6.07) is 20.4. The van der Waals surface area contributed by atoms with E-state index in [-0.39, 0.29) is 30.1 Å². The molecule has 0 fully saturated rings. The summed E-state index contributed by atoms with van der Waals surface area (Å²) in [5, 5.41) is 8.66. The maximum Gasteiger partial charge on any atom is 0.275 e. The number of anilines is 1. The fourth-order valence-electron chi connectivity index (χ4n) is 4.35. The average Bonchev–Trinajstić information content (AvgIpc) is 2.86. The van der Waals surface area contributed by atoms with Crippen molar-refractivity contribution in [2.75, 3.05) is 12.4 Å². The zero-order valence-electron chi connectivity index (χ0n) is 19.5. The lowest BCUT2D eigenvalue weighted by molar-refractivity contribution is -0.122. The quantitative estimate of drug-likeness (QED) is 0.507. The number of carbonyl (C=O) groups excluding carboxylic acids is 2. The van der Waals surface area contributed by atoms with Gasteiger partial charge in [-0.1, -0.05) is 54.6 Å². The fraction of sp³-hybridized carbons (Fsp3) is 0.296. The van der Waals surface area contributed by atoms with Crippen LogP contribution in [0.4, 0.5) is 5.69 Å². The zero-order valence-corrected chi connectivity index (χ0v) is 19.5. The number of nitrogens with one attached hydrogen (secondary N) is 3. The van der Waals surface area contributed by atoms with Crippen LogP contribution in [0, 0.1) is 0 Å². The molecule has 3 N–H and O–H groups in total. The van der Waals surface area contributed by atoms with Crippen molar-refractivity contribution in [3.63, 3.8) is 0 Å². The Labute approximate surface area is 199 Å². The summed E-state index contributed by atoms with van der Waals surface area (Å²) in [4.78, 5) is 38.9. The van der Waals surface area contributed by atoms with Crippen LogP contribution in [0.15, 0.2) is 71.5 Å². The summed E-state index contributed by atoms with van der Waals surface area (Å²) in [6.07, 6.45) is 2.87. The second-order valence-corrected chi connectivity index (χ2v) is 8.60. The Morgan fingerprint density at radius 2 is 1.76 bits per heavy atom. The number of carbonyl (C=O) groups is 2. The van der Waals surface area contributed by atoms with Crippen molar-refractivity contribution < 1.29 is 9.59 Å². The average molecular weight is 459 g/mol. The van der Waals surface area contributed by atoms with Crippen LogP contribution in [0.5, 0.6) is 0 Å². The topological polar surface area (TPSA) is 92.2 Å². The molecule has 2 aromatic carbocycles. The molecule has 0 aliphatic heterocycles. The molecule has 0 saturated carbocycles. The third-order valence-electron chi connectivity index (χ3n) is 6.33. The van der Waals surface area contributed by atoms with Crippen molar-refractivity contribution in [2.45, 2.75) is 44.8 Å². The van der Waals surface area contributed by atoms with Gasteiger partial charge in [-0.25, -0.2) is 0 Å². The number of hydrogen-bond donors (Lipinski definition) is 3. The van der Waals surface area contributed by atoms with Gasteiger partial charge < -0.3 is 16.0 Å². The minimum absolute atomic E-state index is 0.0762. The molecule has 1 aliphatic carbocycles. The lowest BCUT2D eigenvalue weighted by Gasteiger charge is -2.26. The predicted molar refractivity (Wildman–Crippen MR) is 134 cm³/mol. The second kappa shape index (κ2) is 10.5. The van der Waals surface area contributed by atoms with Crippen molar-refractivity contribution in [3.8, 4) is 11.3 Å². The van der Waals surface area contributed by atoms with Crippen molar-refractivity contribution in [2.24, 2.45) is 0 Å². The van der Waals surface area contributed by atoms with Crippen molar-refractivity contribution in [1.29, 1.82) is 0 Å². The van der Waals surface area contributed by atoms with Gasteiger partial charge in [-0.15, -0.1) is 0 Å². The van der Waals surface area contributed by atoms with E-state index >= 15 is 0 Å². The van der Waals surface area contributed by atoms with Gasteiger partial charge in [-0.05, 0) is 62.1 Å². The van der Waals surface area contributed by atoms with Crippen LogP contribution in [0.2, 0.25) is 0 Å². The lowest BCUT2D eigenvalue weighted by atomic mass is 9.88. The first-order chi connectivity index (χ1) is 16.5. The van der Waals surface area contributed by atoms with Crippen molar-refractivity contribution in [3.05, 3.63) is 88.2 Å². The number of amides is 2. The predicted octanol–water partition coefficient (Wildman–Crippen LogP) is 3.26. The number of hydrogen-bond acceptors (Lipinski definition) is 4. The molecule has 4 rings (SSSR count). The zero-order chi connectivity index (χ0) is 24.1. The summed E-state index contributed by atoms with van der Waals surface area (Å²) >= 11 is 0. The SMILES string of the molecule is CN[C@@H](C)C(=O)Nc1ccc(-c2ccccc2)n(CC(=O)NC2CCCc3ccccc32)c1=O. The molecule has 1 heterocycles. The van der Waals surface area contributed by atoms with Crippen LogP contribution in [0.3, 0.4) is 0 Å². The highest BCUT2D eigenvalue weighted by Crippen LogP contribution is 2.29. The van der Waals surface area contributed by atoms with Crippen LogP contribution < -0.4 is 21.5 Å². The molecule has 7 nitrogen and oxygen atoms in total. The highest BCUT2D eigenvalue weighted by atomic mass is 16.2. The summed E-state index contributed by atoms with van der Waals surface area (Å²) in [6.45, 7) is 1.56. The smallest absolute Gasteiger partial charge is 0.275 e. The van der Waals surface area contributed by atoms with Crippen LogP contribution in [-0.2, 0) is 22.6 Å². The summed E-state index contributed by atoms with van der Waals surface area (Å²) in [5.41, 5.74) is 3.55. The van der Waals surface area contributed by atoms with Gasteiger partial charge in [0.1, 0.15) is 12.2 Å². The largest absolute Gasteiger partial charge is 0.348 e. The van der Waals surface area contributed by atoms with E-state index in [1.165, 1.54) is 10.1 Å². The normalized spacial score (nSPS) is 15.8. The highest BCUT2D eigenvalue weighted by Gasteiger charge is 2.23. The number of aromatic nitrogens is 1. The Hall–Kier alpha value is -3.71. The van der Waals surface area contributed by atoms with E-state index in [1.807, 2.05) is 42.5 Å². The standard InChI is InChI=1S/C27H30N4O3/c1-18(28-2)26(33)30-23-15-16-24(20-10-4-3-5-11-20)31(27(23)34)17-25(32)29-22-14-8-12-19-9-6-7-13-21(19)22/h3-7,9-11,13,15-16,18,22,28H,8,12,14,17H2,1-2H3,(H,29,32)(H,30,33)/t18-,22?/m0/s1. The molecule has 2 atom stereocenters. The number of nitrogens with zero attached hydrogens (tertiary/aromatic N) is 1. The number of benzene rings is 2. The summed E-state index contributed by atoms with van der Waals surface area (Å²) < 4.78 is 1.43. The number of aryl methyl sites for hydroxylation is 1. The van der Waals surface area contributed by atoms with E-state index in [0.717, 1.165) is 30.4 Å². The number of pyridine rings is 1. The molecule has 0 saturated heterocycles. The van der Waals surface area contributed by atoms with Crippen molar-refractivity contribution >= 4 is 17.5 Å². The Balaban J connectivity index is 1.63. The molecule has 7 heteroatoms. The molecule has 0 radical (unpaired) electrons. The minimum atomic E-state index is -0.462. The van der Waals surface area contributed by atoms with E-state index in [1.54, 1.807) is 26.1 Å². The highest BCUT2D eigenvalue weighted by molar-refractivity contribution is 5.94. The van der Waals surface area contributed by atoms with Gasteiger partial charge in [-0.2, -0.15) is 0 Å². The maximum atomic E-state index is 13.4. The van der Waals surface area contributed by atoms with Crippen LogP contribution >= 0.6 is 0 Å². The molecule has 1 unspecified atom stereocenters. The van der Waals surface area contributed by atoms with Gasteiger partial charge in [0.25, 0.3) is 5.56 Å². The fourth-order valence-corrected chi connectivity index (χ4v) is 4.35. The number of likely N-dealkylation sites (N-methyl/N-ethyl adjacent to an activating group) is 1. The lowest BCUT2D eigenvalue weighted by Crippen LogP contribution is -2.39. The molecule has 3 aromatic rings. The van der Waals surface area contributed by atoms with E-state index in [4.69, 9.17) is 0 Å².